The molecule has 4 heteroatoms. The molecule has 0 aliphatic heterocycles. The number of nitrogens with one attached hydrogen (secondary N) is 1. The fourth-order valence-electron chi connectivity index (χ4n) is 2.67. The number of aliphatic hydroxyl groups is 1. The lowest BCUT2D eigenvalue weighted by atomic mass is 9.77. The largest absolute Gasteiger partial charge is 0.394 e. The van der Waals surface area contributed by atoms with Gasteiger partial charge in [0.25, 0.3) is 0 Å². The van der Waals surface area contributed by atoms with Crippen molar-refractivity contribution in [2.75, 3.05) is 6.61 Å². The number of aliphatic hydroxyl groups excluding tert-OH is 1. The standard InChI is InChI=1S/C15H21F2NO/c1-11-5-7-15(10-19,8-6-11)18-9-12-3-2-4-13(16)14(12)17/h2-4,11,18-19H,5-10H2,1H3. The van der Waals surface area contributed by atoms with Crippen LogP contribution in [0.1, 0.15) is 38.2 Å². The molecule has 106 valence electrons. The molecule has 2 N–H and O–H groups in total. The van der Waals surface area contributed by atoms with Gasteiger partial charge in [-0.05, 0) is 37.7 Å². The molecule has 0 unspecified atom stereocenters. The summed E-state index contributed by atoms with van der Waals surface area (Å²) < 4.78 is 26.7. The maximum atomic E-state index is 13.6. The molecule has 1 aliphatic rings. The van der Waals surface area contributed by atoms with Gasteiger partial charge in [-0.2, -0.15) is 0 Å². The number of halogens is 2. The van der Waals surface area contributed by atoms with Gasteiger partial charge in [-0.1, -0.05) is 19.1 Å². The molecule has 2 nitrogen and oxygen atoms in total. The van der Waals surface area contributed by atoms with Crippen LogP contribution in [0, 0.1) is 17.6 Å². The van der Waals surface area contributed by atoms with Crippen molar-refractivity contribution in [1.82, 2.24) is 5.32 Å². The average molecular weight is 269 g/mol. The third-order valence-electron chi connectivity index (χ3n) is 4.22. The van der Waals surface area contributed by atoms with Crippen LogP contribution in [0.3, 0.4) is 0 Å². The van der Waals surface area contributed by atoms with Crippen LogP contribution in [0.4, 0.5) is 8.78 Å². The van der Waals surface area contributed by atoms with Crippen LogP contribution in [0.25, 0.3) is 0 Å². The third-order valence-corrected chi connectivity index (χ3v) is 4.22. The highest BCUT2D eigenvalue weighted by molar-refractivity contribution is 5.19. The summed E-state index contributed by atoms with van der Waals surface area (Å²) in [4.78, 5) is 0. The lowest BCUT2D eigenvalue weighted by Gasteiger charge is -2.39. The van der Waals surface area contributed by atoms with Crippen molar-refractivity contribution < 1.29 is 13.9 Å². The van der Waals surface area contributed by atoms with E-state index in [0.717, 1.165) is 31.7 Å². The molecule has 1 aromatic rings. The number of hydrogen-bond acceptors (Lipinski definition) is 2. The molecule has 0 amide bonds. The van der Waals surface area contributed by atoms with Crippen LogP contribution in [0.2, 0.25) is 0 Å². The van der Waals surface area contributed by atoms with E-state index in [1.54, 1.807) is 6.07 Å². The van der Waals surface area contributed by atoms with Crippen LogP contribution < -0.4 is 5.32 Å². The van der Waals surface area contributed by atoms with E-state index in [1.807, 2.05) is 0 Å². The maximum Gasteiger partial charge on any atom is 0.163 e. The van der Waals surface area contributed by atoms with Crippen molar-refractivity contribution in [3.05, 3.63) is 35.4 Å². The topological polar surface area (TPSA) is 32.3 Å². The predicted octanol–water partition coefficient (Wildman–Crippen LogP) is 3.00. The minimum absolute atomic E-state index is 0.0383. The summed E-state index contributed by atoms with van der Waals surface area (Å²) in [6.07, 6.45) is 3.86. The molecule has 0 aromatic heterocycles. The fourth-order valence-corrected chi connectivity index (χ4v) is 2.67. The van der Waals surface area contributed by atoms with Crippen LogP contribution in [0.5, 0.6) is 0 Å². The molecule has 1 fully saturated rings. The Morgan fingerprint density at radius 2 is 2.00 bits per heavy atom. The Morgan fingerprint density at radius 1 is 1.32 bits per heavy atom. The second-order valence-corrected chi connectivity index (χ2v) is 5.69. The zero-order valence-corrected chi connectivity index (χ0v) is 11.3. The highest BCUT2D eigenvalue weighted by Crippen LogP contribution is 2.32. The molecule has 0 atom stereocenters. The molecule has 0 bridgehead atoms. The zero-order valence-electron chi connectivity index (χ0n) is 11.3. The van der Waals surface area contributed by atoms with Crippen molar-refractivity contribution in [2.24, 2.45) is 5.92 Å². The second-order valence-electron chi connectivity index (χ2n) is 5.69. The maximum absolute atomic E-state index is 13.6. The molecule has 0 heterocycles. The van der Waals surface area contributed by atoms with Gasteiger partial charge in [0.05, 0.1) is 6.61 Å². The average Bonchev–Trinajstić information content (AvgIpc) is 2.43. The molecule has 19 heavy (non-hydrogen) atoms. The smallest absolute Gasteiger partial charge is 0.163 e. The molecule has 1 aliphatic carbocycles. The van der Waals surface area contributed by atoms with Gasteiger partial charge < -0.3 is 10.4 Å². The van der Waals surface area contributed by atoms with E-state index in [9.17, 15) is 13.9 Å². The summed E-state index contributed by atoms with van der Waals surface area (Å²) in [5.41, 5.74) is -0.0305. The first-order valence-corrected chi connectivity index (χ1v) is 6.85. The third kappa shape index (κ3) is 3.31. The lowest BCUT2D eigenvalue weighted by Crippen LogP contribution is -2.50. The Kier molecular flexibility index (Phi) is 4.53. The SMILES string of the molecule is CC1CCC(CO)(NCc2cccc(F)c2F)CC1. The Balaban J connectivity index is 2.02. The molecule has 0 spiro atoms. The number of benzene rings is 1. The Bertz CT molecular complexity index is 428. The van der Waals surface area contributed by atoms with Gasteiger partial charge in [0.15, 0.2) is 11.6 Å². The summed E-state index contributed by atoms with van der Waals surface area (Å²) in [6, 6.07) is 4.19. The first-order chi connectivity index (χ1) is 9.06. The van der Waals surface area contributed by atoms with Crippen molar-refractivity contribution in [3.8, 4) is 0 Å². The summed E-state index contributed by atoms with van der Waals surface area (Å²) in [5, 5.41) is 12.8. The van der Waals surface area contributed by atoms with E-state index in [0.29, 0.717) is 11.5 Å². The summed E-state index contributed by atoms with van der Waals surface area (Å²) in [6.45, 7) is 2.49. The molecule has 1 saturated carbocycles. The highest BCUT2D eigenvalue weighted by Gasteiger charge is 2.33. The van der Waals surface area contributed by atoms with E-state index in [4.69, 9.17) is 0 Å². The van der Waals surface area contributed by atoms with Gasteiger partial charge in [-0.15, -0.1) is 0 Å². The monoisotopic (exact) mass is 269 g/mol. The minimum Gasteiger partial charge on any atom is -0.394 e. The normalized spacial score (nSPS) is 27.5. The first kappa shape index (κ1) is 14.4. The molecule has 2 rings (SSSR count). The molecule has 0 radical (unpaired) electrons. The van der Waals surface area contributed by atoms with Crippen LogP contribution in [-0.2, 0) is 6.54 Å². The van der Waals surface area contributed by atoms with Crippen LogP contribution >= 0.6 is 0 Å². The van der Waals surface area contributed by atoms with Gasteiger partial charge in [0.1, 0.15) is 0 Å². The van der Waals surface area contributed by atoms with E-state index in [1.165, 1.54) is 6.07 Å². The van der Waals surface area contributed by atoms with E-state index < -0.39 is 11.6 Å². The summed E-state index contributed by atoms with van der Waals surface area (Å²) in [7, 11) is 0. The minimum atomic E-state index is -0.824. The molecular weight excluding hydrogens is 248 g/mol. The van der Waals surface area contributed by atoms with Gasteiger partial charge in [-0.3, -0.25) is 0 Å². The van der Waals surface area contributed by atoms with Crippen molar-refractivity contribution in [1.29, 1.82) is 0 Å². The van der Waals surface area contributed by atoms with Crippen LogP contribution in [-0.4, -0.2) is 17.3 Å². The summed E-state index contributed by atoms with van der Waals surface area (Å²) in [5.74, 6) is -0.950. The lowest BCUT2D eigenvalue weighted by molar-refractivity contribution is 0.104. The first-order valence-electron chi connectivity index (χ1n) is 6.85. The van der Waals surface area contributed by atoms with Gasteiger partial charge in [-0.25, -0.2) is 8.78 Å². The predicted molar refractivity (Wildman–Crippen MR) is 70.6 cm³/mol. The second kappa shape index (κ2) is 5.97. The van der Waals surface area contributed by atoms with E-state index >= 15 is 0 Å². The van der Waals surface area contributed by atoms with E-state index in [-0.39, 0.29) is 18.7 Å². The fraction of sp³-hybridized carbons (Fsp3) is 0.600. The zero-order chi connectivity index (χ0) is 13.9. The Hall–Kier alpha value is -1.00. The molecule has 1 aromatic carbocycles. The van der Waals surface area contributed by atoms with Gasteiger partial charge >= 0.3 is 0 Å². The Labute approximate surface area is 112 Å². The van der Waals surface area contributed by atoms with Crippen molar-refractivity contribution >= 4 is 0 Å². The molecular formula is C15H21F2NO. The molecule has 0 saturated heterocycles. The number of rotatable bonds is 4. The van der Waals surface area contributed by atoms with Crippen molar-refractivity contribution in [3.63, 3.8) is 0 Å². The summed E-state index contributed by atoms with van der Waals surface area (Å²) >= 11 is 0. The van der Waals surface area contributed by atoms with E-state index in [2.05, 4.69) is 12.2 Å². The quantitative estimate of drug-likeness (QED) is 0.880. The highest BCUT2D eigenvalue weighted by atomic mass is 19.2. The van der Waals surface area contributed by atoms with Crippen molar-refractivity contribution in [2.45, 2.75) is 44.7 Å². The van der Waals surface area contributed by atoms with Gasteiger partial charge in [0, 0.05) is 17.6 Å². The number of hydrogen-bond donors (Lipinski definition) is 2. The van der Waals surface area contributed by atoms with Gasteiger partial charge in [0.2, 0.25) is 0 Å². The van der Waals surface area contributed by atoms with Crippen LogP contribution in [0.15, 0.2) is 18.2 Å². The Morgan fingerprint density at radius 3 is 2.63 bits per heavy atom.